The minimum Gasteiger partial charge on any atom is -0.325 e. The van der Waals surface area contributed by atoms with Gasteiger partial charge in [0.05, 0.1) is 11.4 Å². The molecule has 0 spiro atoms. The van der Waals surface area contributed by atoms with Crippen molar-refractivity contribution in [1.82, 2.24) is 15.0 Å². The van der Waals surface area contributed by atoms with Gasteiger partial charge in [-0.2, -0.15) is 0 Å². The van der Waals surface area contributed by atoms with E-state index in [-0.39, 0.29) is 0 Å². The average molecular weight is 258 g/mol. The predicted octanol–water partition coefficient (Wildman–Crippen LogP) is 2.94. The molecule has 0 radical (unpaired) electrons. The van der Waals surface area contributed by atoms with Gasteiger partial charge in [0.2, 0.25) is 0 Å². The zero-order chi connectivity index (χ0) is 13.8. The zero-order valence-electron chi connectivity index (χ0n) is 11.9. The molecule has 1 heterocycles. The maximum atomic E-state index is 5.81. The summed E-state index contributed by atoms with van der Waals surface area (Å²) >= 11 is 0. The van der Waals surface area contributed by atoms with Gasteiger partial charge >= 0.3 is 0 Å². The Bertz CT molecular complexity index is 541. The Morgan fingerprint density at radius 2 is 1.89 bits per heavy atom. The first-order chi connectivity index (χ1) is 9.22. The third kappa shape index (κ3) is 2.54. The molecule has 1 aromatic carbocycles. The molecule has 2 N–H and O–H groups in total. The van der Waals surface area contributed by atoms with Gasteiger partial charge in [0.25, 0.3) is 0 Å². The number of aryl methyl sites for hydroxylation is 1. The van der Waals surface area contributed by atoms with E-state index < -0.39 is 0 Å². The molecule has 0 fully saturated rings. The van der Waals surface area contributed by atoms with Crippen molar-refractivity contribution in [2.75, 3.05) is 0 Å². The van der Waals surface area contributed by atoms with E-state index in [2.05, 4.69) is 43.2 Å². The Morgan fingerprint density at radius 3 is 2.47 bits per heavy atom. The van der Waals surface area contributed by atoms with Gasteiger partial charge in [0.1, 0.15) is 5.69 Å². The van der Waals surface area contributed by atoms with Gasteiger partial charge in [-0.3, -0.25) is 0 Å². The highest BCUT2D eigenvalue weighted by molar-refractivity contribution is 5.41. The number of nitrogens with zero attached hydrogens (tertiary/aromatic N) is 3. The lowest BCUT2D eigenvalue weighted by molar-refractivity contribution is 0.590. The Kier molecular flexibility index (Phi) is 4.32. The van der Waals surface area contributed by atoms with Crippen molar-refractivity contribution in [3.63, 3.8) is 0 Å². The van der Waals surface area contributed by atoms with Crippen LogP contribution in [-0.4, -0.2) is 15.0 Å². The van der Waals surface area contributed by atoms with E-state index in [9.17, 15) is 0 Å². The van der Waals surface area contributed by atoms with Gasteiger partial charge in [-0.25, -0.2) is 4.68 Å². The van der Waals surface area contributed by atoms with Crippen molar-refractivity contribution in [2.24, 2.45) is 5.73 Å². The number of rotatable bonds is 5. The Balaban J connectivity index is 2.58. The molecule has 4 nitrogen and oxygen atoms in total. The molecule has 0 unspecified atom stereocenters. The molecule has 4 heteroatoms. The second-order valence-electron chi connectivity index (χ2n) is 4.84. The maximum absolute atomic E-state index is 5.81. The highest BCUT2D eigenvalue weighted by Crippen LogP contribution is 2.28. The van der Waals surface area contributed by atoms with Gasteiger partial charge < -0.3 is 5.73 Å². The number of hydrogen-bond acceptors (Lipinski definition) is 3. The van der Waals surface area contributed by atoms with E-state index in [4.69, 9.17) is 5.73 Å². The van der Waals surface area contributed by atoms with Crippen LogP contribution in [0.4, 0.5) is 0 Å². The van der Waals surface area contributed by atoms with Gasteiger partial charge in [0, 0.05) is 12.5 Å². The minimum atomic E-state index is 0.442. The summed E-state index contributed by atoms with van der Waals surface area (Å²) in [5, 5.41) is 8.58. The van der Waals surface area contributed by atoms with Gasteiger partial charge in [-0.1, -0.05) is 37.3 Å². The summed E-state index contributed by atoms with van der Waals surface area (Å²) in [5.41, 5.74) is 10.2. The second-order valence-corrected chi connectivity index (χ2v) is 4.84. The van der Waals surface area contributed by atoms with Crippen molar-refractivity contribution >= 4 is 0 Å². The predicted molar refractivity (Wildman–Crippen MR) is 77.3 cm³/mol. The van der Waals surface area contributed by atoms with E-state index in [0.29, 0.717) is 12.5 Å². The fourth-order valence-corrected chi connectivity index (χ4v) is 2.53. The van der Waals surface area contributed by atoms with Crippen molar-refractivity contribution in [2.45, 2.75) is 46.1 Å². The van der Waals surface area contributed by atoms with Gasteiger partial charge in [-0.05, 0) is 31.4 Å². The smallest absolute Gasteiger partial charge is 0.100 e. The second kappa shape index (κ2) is 5.97. The Hall–Kier alpha value is -1.68. The van der Waals surface area contributed by atoms with Crippen LogP contribution < -0.4 is 5.73 Å². The Labute approximate surface area is 114 Å². The van der Waals surface area contributed by atoms with Crippen LogP contribution in [0.2, 0.25) is 0 Å². The fraction of sp³-hybridized carbons (Fsp3) is 0.467. The Morgan fingerprint density at radius 1 is 1.21 bits per heavy atom. The number of nitrogens with two attached hydrogens (primary N) is 1. The van der Waals surface area contributed by atoms with E-state index in [1.807, 2.05) is 16.8 Å². The monoisotopic (exact) mass is 258 g/mol. The lowest BCUT2D eigenvalue weighted by Gasteiger charge is -2.16. The highest BCUT2D eigenvalue weighted by atomic mass is 15.4. The first kappa shape index (κ1) is 13.7. The first-order valence-electron chi connectivity index (χ1n) is 6.93. The van der Waals surface area contributed by atoms with Crippen LogP contribution in [0.1, 0.15) is 49.6 Å². The van der Waals surface area contributed by atoms with Crippen LogP contribution in [0, 0.1) is 6.92 Å². The molecule has 19 heavy (non-hydrogen) atoms. The summed E-state index contributed by atoms with van der Waals surface area (Å²) in [4.78, 5) is 0. The van der Waals surface area contributed by atoms with E-state index >= 15 is 0 Å². The molecule has 0 atom stereocenters. The molecule has 2 rings (SSSR count). The van der Waals surface area contributed by atoms with E-state index in [1.54, 1.807) is 0 Å². The molecule has 1 aromatic heterocycles. The lowest BCUT2D eigenvalue weighted by Crippen LogP contribution is -2.11. The number of benzene rings is 1. The molecule has 2 aromatic rings. The molecular weight excluding hydrogens is 236 g/mol. The molecular formula is C15H22N4. The van der Waals surface area contributed by atoms with Crippen LogP contribution in [0.25, 0.3) is 5.69 Å². The number of hydrogen-bond donors (Lipinski definition) is 1. The normalized spacial score (nSPS) is 11.2. The quantitative estimate of drug-likeness (QED) is 0.897. The van der Waals surface area contributed by atoms with Crippen molar-refractivity contribution in [1.29, 1.82) is 0 Å². The molecule has 0 aliphatic carbocycles. The SMILES string of the molecule is CCC(CC)c1c(CN)nnn1-c1ccccc1C. The highest BCUT2D eigenvalue weighted by Gasteiger charge is 2.20. The van der Waals surface area contributed by atoms with Crippen LogP contribution in [0.5, 0.6) is 0 Å². The number of para-hydroxylation sites is 1. The van der Waals surface area contributed by atoms with E-state index in [0.717, 1.165) is 24.2 Å². The molecule has 0 saturated heterocycles. The minimum absolute atomic E-state index is 0.442. The summed E-state index contributed by atoms with van der Waals surface area (Å²) in [6.07, 6.45) is 2.14. The largest absolute Gasteiger partial charge is 0.325 e. The summed E-state index contributed by atoms with van der Waals surface area (Å²) < 4.78 is 1.97. The van der Waals surface area contributed by atoms with Crippen LogP contribution >= 0.6 is 0 Å². The number of aromatic nitrogens is 3. The topological polar surface area (TPSA) is 56.7 Å². The molecule has 0 bridgehead atoms. The maximum Gasteiger partial charge on any atom is 0.100 e. The van der Waals surface area contributed by atoms with Gasteiger partial charge in [0.15, 0.2) is 0 Å². The summed E-state index contributed by atoms with van der Waals surface area (Å²) in [7, 11) is 0. The summed E-state index contributed by atoms with van der Waals surface area (Å²) in [5.74, 6) is 0.452. The van der Waals surface area contributed by atoms with Gasteiger partial charge in [-0.15, -0.1) is 5.10 Å². The first-order valence-corrected chi connectivity index (χ1v) is 6.93. The lowest BCUT2D eigenvalue weighted by atomic mass is 9.97. The third-order valence-electron chi connectivity index (χ3n) is 3.69. The van der Waals surface area contributed by atoms with Crippen LogP contribution in [-0.2, 0) is 6.54 Å². The van der Waals surface area contributed by atoms with Crippen molar-refractivity contribution in [3.05, 3.63) is 41.2 Å². The summed E-state index contributed by atoms with van der Waals surface area (Å²) in [6.45, 7) is 6.93. The van der Waals surface area contributed by atoms with Crippen LogP contribution in [0.3, 0.4) is 0 Å². The third-order valence-corrected chi connectivity index (χ3v) is 3.69. The standard InChI is InChI=1S/C15H22N4/c1-4-12(5-2)15-13(10-16)17-18-19(15)14-9-7-6-8-11(14)3/h6-9,12H,4-5,10,16H2,1-3H3. The summed E-state index contributed by atoms with van der Waals surface area (Å²) in [6, 6.07) is 8.24. The van der Waals surface area contributed by atoms with Crippen molar-refractivity contribution in [3.8, 4) is 5.69 Å². The zero-order valence-corrected chi connectivity index (χ0v) is 11.9. The molecule has 0 aliphatic rings. The molecule has 102 valence electrons. The van der Waals surface area contributed by atoms with Crippen molar-refractivity contribution < 1.29 is 0 Å². The fourth-order valence-electron chi connectivity index (χ4n) is 2.53. The van der Waals surface area contributed by atoms with Crippen LogP contribution in [0.15, 0.2) is 24.3 Å². The average Bonchev–Trinajstić information content (AvgIpc) is 2.85. The molecule has 0 amide bonds. The van der Waals surface area contributed by atoms with E-state index in [1.165, 1.54) is 11.3 Å². The molecule has 0 aliphatic heterocycles. The molecule has 0 saturated carbocycles.